The van der Waals surface area contributed by atoms with Crippen molar-refractivity contribution in [1.29, 1.82) is 0 Å². The summed E-state index contributed by atoms with van der Waals surface area (Å²) in [5.74, 6) is 0.175. The quantitative estimate of drug-likeness (QED) is 0.608. The van der Waals surface area contributed by atoms with E-state index < -0.39 is 17.1 Å². The molecule has 1 aromatic carbocycles. The number of ether oxygens (including phenoxy) is 1. The molecular formula is C25H24N2O4. The summed E-state index contributed by atoms with van der Waals surface area (Å²) in [6, 6.07) is 7.05. The maximum atomic E-state index is 13.2. The van der Waals surface area contributed by atoms with Crippen LogP contribution < -0.4 is 15.7 Å². The molecule has 1 N–H and O–H groups in total. The Morgan fingerprint density at radius 3 is 2.81 bits per heavy atom. The highest BCUT2D eigenvalue weighted by atomic mass is 16.5. The van der Waals surface area contributed by atoms with Crippen LogP contribution in [0.25, 0.3) is 11.0 Å². The lowest BCUT2D eigenvalue weighted by Gasteiger charge is -2.34. The van der Waals surface area contributed by atoms with Crippen molar-refractivity contribution in [3.05, 3.63) is 76.3 Å². The molecule has 2 aliphatic heterocycles. The smallest absolute Gasteiger partial charge is 0.336 e. The third-order valence-electron chi connectivity index (χ3n) is 6.15. The molecule has 3 aliphatic rings. The van der Waals surface area contributed by atoms with Gasteiger partial charge in [-0.3, -0.25) is 9.79 Å². The van der Waals surface area contributed by atoms with E-state index in [1.807, 2.05) is 12.1 Å². The number of Topliss-reactive ketones (excluding diaryl/α,β-unsaturated/α-hetero) is 1. The Kier molecular flexibility index (Phi) is 4.65. The topological polar surface area (TPSA) is 80.9 Å². The van der Waals surface area contributed by atoms with Crippen LogP contribution in [0.4, 0.5) is 0 Å². The number of carbonyl (C=O) groups excluding carboxylic acids is 1. The number of aliphatic imine (C=N–C) groups is 1. The van der Waals surface area contributed by atoms with E-state index in [0.29, 0.717) is 35.4 Å². The first kappa shape index (κ1) is 19.5. The highest BCUT2D eigenvalue weighted by Gasteiger charge is 2.43. The zero-order chi connectivity index (χ0) is 21.6. The van der Waals surface area contributed by atoms with Crippen molar-refractivity contribution in [2.45, 2.75) is 37.8 Å². The number of hydrogen-bond donors (Lipinski definition) is 1. The van der Waals surface area contributed by atoms with Gasteiger partial charge in [0.25, 0.3) is 0 Å². The van der Waals surface area contributed by atoms with Gasteiger partial charge in [0.1, 0.15) is 11.3 Å². The molecule has 0 radical (unpaired) electrons. The molecule has 6 heteroatoms. The first-order chi connectivity index (χ1) is 14.9. The third kappa shape index (κ3) is 3.42. The average Bonchev–Trinajstić information content (AvgIpc) is 3.16. The predicted molar refractivity (Wildman–Crippen MR) is 120 cm³/mol. The second-order valence-electron chi connectivity index (χ2n) is 8.62. The average molecular weight is 416 g/mol. The highest BCUT2D eigenvalue weighted by Crippen LogP contribution is 2.41. The molecule has 2 aromatic rings. The molecule has 0 bridgehead atoms. The summed E-state index contributed by atoms with van der Waals surface area (Å²) in [4.78, 5) is 29.7. The molecule has 1 aliphatic carbocycles. The number of benzene rings is 1. The monoisotopic (exact) mass is 416 g/mol. The van der Waals surface area contributed by atoms with Crippen LogP contribution in [0.2, 0.25) is 0 Å². The Morgan fingerprint density at radius 2 is 1.94 bits per heavy atom. The second kappa shape index (κ2) is 7.38. The molecule has 0 spiro atoms. The molecule has 3 atom stereocenters. The zero-order valence-electron chi connectivity index (χ0n) is 17.5. The van der Waals surface area contributed by atoms with Crippen LogP contribution >= 0.6 is 0 Å². The number of fused-ring (bicyclic) bond motifs is 4. The van der Waals surface area contributed by atoms with Crippen molar-refractivity contribution in [3.8, 4) is 5.75 Å². The fourth-order valence-corrected chi connectivity index (χ4v) is 4.52. The largest absolute Gasteiger partial charge is 0.480 e. The van der Waals surface area contributed by atoms with Crippen LogP contribution in [0, 0.1) is 5.92 Å². The van der Waals surface area contributed by atoms with Crippen LogP contribution in [0.3, 0.4) is 0 Å². The van der Waals surface area contributed by atoms with Crippen LogP contribution in [0.5, 0.6) is 5.75 Å². The van der Waals surface area contributed by atoms with E-state index in [1.54, 1.807) is 26.1 Å². The van der Waals surface area contributed by atoms with Gasteiger partial charge in [-0.25, -0.2) is 4.79 Å². The maximum absolute atomic E-state index is 13.2. The summed E-state index contributed by atoms with van der Waals surface area (Å²) in [5, 5.41) is 4.14. The van der Waals surface area contributed by atoms with Gasteiger partial charge in [-0.05, 0) is 50.2 Å². The first-order valence-corrected chi connectivity index (χ1v) is 10.5. The lowest BCUT2D eigenvalue weighted by molar-refractivity contribution is -0.133. The summed E-state index contributed by atoms with van der Waals surface area (Å²) in [5.41, 5.74) is 0.814. The van der Waals surface area contributed by atoms with Gasteiger partial charge in [0, 0.05) is 30.1 Å². The van der Waals surface area contributed by atoms with E-state index in [2.05, 4.69) is 40.8 Å². The fraction of sp³-hybridized carbons (Fsp3) is 0.320. The Morgan fingerprint density at radius 1 is 1.13 bits per heavy atom. The molecule has 0 saturated carbocycles. The van der Waals surface area contributed by atoms with Crippen molar-refractivity contribution >= 4 is 23.0 Å². The molecule has 0 unspecified atom stereocenters. The summed E-state index contributed by atoms with van der Waals surface area (Å²) in [6.07, 6.45) is 13.1. The standard InChI is InChI=1S/C25H24N2O4/c1-25(2)24(29)18(14-26-12-11-16-13-27-19-6-4-3-5-17(16)19)22-20(31-25)9-7-15-8-10-21(28)30-23(15)22/h3-10,13-14,17-19,27H,11-12H2,1-2H3/t17-,18-,19-/m0/s1. The van der Waals surface area contributed by atoms with Gasteiger partial charge in [0.2, 0.25) is 0 Å². The molecule has 0 amide bonds. The lowest BCUT2D eigenvalue weighted by Crippen LogP contribution is -2.45. The van der Waals surface area contributed by atoms with E-state index in [4.69, 9.17) is 9.15 Å². The third-order valence-corrected chi connectivity index (χ3v) is 6.15. The van der Waals surface area contributed by atoms with Gasteiger partial charge in [0.15, 0.2) is 11.4 Å². The molecule has 1 aromatic heterocycles. The Labute approximate surface area is 180 Å². The summed E-state index contributed by atoms with van der Waals surface area (Å²) < 4.78 is 11.4. The number of ketones is 1. The van der Waals surface area contributed by atoms with Crippen LogP contribution in [0.1, 0.15) is 31.7 Å². The van der Waals surface area contributed by atoms with E-state index in [-0.39, 0.29) is 5.78 Å². The highest BCUT2D eigenvalue weighted by molar-refractivity contribution is 6.09. The van der Waals surface area contributed by atoms with E-state index in [0.717, 1.165) is 11.8 Å². The van der Waals surface area contributed by atoms with Crippen molar-refractivity contribution in [2.75, 3.05) is 6.54 Å². The number of rotatable bonds is 4. The SMILES string of the molecule is CC1(C)Oc2ccc3ccc(=O)oc3c2[C@H](C=NCCC2=CN[C@H]3C=CC=C[C@@H]23)C1=O. The maximum Gasteiger partial charge on any atom is 0.336 e. The Hall–Kier alpha value is -3.41. The summed E-state index contributed by atoms with van der Waals surface area (Å²) >= 11 is 0. The van der Waals surface area contributed by atoms with Gasteiger partial charge in [0.05, 0.1) is 17.5 Å². The van der Waals surface area contributed by atoms with Gasteiger partial charge in [-0.1, -0.05) is 24.3 Å². The second-order valence-corrected chi connectivity index (χ2v) is 8.62. The minimum absolute atomic E-state index is 0.107. The number of allylic oxidation sites excluding steroid dienone is 2. The normalized spacial score (nSPS) is 25.8. The van der Waals surface area contributed by atoms with Gasteiger partial charge >= 0.3 is 5.63 Å². The van der Waals surface area contributed by atoms with Gasteiger partial charge in [-0.15, -0.1) is 0 Å². The molecule has 158 valence electrons. The molecule has 5 rings (SSSR count). The van der Waals surface area contributed by atoms with E-state index >= 15 is 0 Å². The van der Waals surface area contributed by atoms with Crippen LogP contribution in [-0.4, -0.2) is 30.2 Å². The van der Waals surface area contributed by atoms with Crippen molar-refractivity contribution in [2.24, 2.45) is 10.9 Å². The summed E-state index contributed by atoms with van der Waals surface area (Å²) in [7, 11) is 0. The number of carbonyl (C=O) groups is 1. The minimum atomic E-state index is -0.989. The number of nitrogens with zero attached hydrogens (tertiary/aromatic N) is 1. The Bertz CT molecular complexity index is 1230. The van der Waals surface area contributed by atoms with Gasteiger partial charge < -0.3 is 14.5 Å². The van der Waals surface area contributed by atoms with Crippen LogP contribution in [-0.2, 0) is 4.79 Å². The van der Waals surface area contributed by atoms with E-state index in [9.17, 15) is 9.59 Å². The van der Waals surface area contributed by atoms with Crippen molar-refractivity contribution < 1.29 is 13.9 Å². The number of hydrogen-bond acceptors (Lipinski definition) is 6. The fourth-order valence-electron chi connectivity index (χ4n) is 4.52. The van der Waals surface area contributed by atoms with Gasteiger partial charge in [-0.2, -0.15) is 0 Å². The summed E-state index contributed by atoms with van der Waals surface area (Å²) in [6.45, 7) is 4.08. The lowest BCUT2D eigenvalue weighted by atomic mass is 9.83. The van der Waals surface area contributed by atoms with E-state index in [1.165, 1.54) is 11.6 Å². The zero-order valence-corrected chi connectivity index (χ0v) is 17.5. The van der Waals surface area contributed by atoms with Crippen LogP contribution in [0.15, 0.2) is 74.5 Å². The van der Waals surface area contributed by atoms with Crippen molar-refractivity contribution in [1.82, 2.24) is 5.32 Å². The molecular weight excluding hydrogens is 392 g/mol. The minimum Gasteiger partial charge on any atom is -0.480 e. The Balaban J connectivity index is 1.43. The predicted octanol–water partition coefficient (Wildman–Crippen LogP) is 3.68. The molecule has 6 nitrogen and oxygen atoms in total. The number of nitrogens with one attached hydrogen (secondary N) is 1. The molecule has 31 heavy (non-hydrogen) atoms. The molecule has 0 fully saturated rings. The first-order valence-electron chi connectivity index (χ1n) is 10.5. The molecule has 0 saturated heterocycles. The van der Waals surface area contributed by atoms with Crippen molar-refractivity contribution in [3.63, 3.8) is 0 Å². The molecule has 3 heterocycles.